The van der Waals surface area contributed by atoms with Crippen LogP contribution >= 0.6 is 11.8 Å². The summed E-state index contributed by atoms with van der Waals surface area (Å²) >= 11 is 1.78. The van der Waals surface area contributed by atoms with Crippen LogP contribution in [0, 0.1) is 0 Å². The van der Waals surface area contributed by atoms with Gasteiger partial charge in [0.25, 0.3) is 0 Å². The molecule has 3 rings (SSSR count). The van der Waals surface area contributed by atoms with Crippen molar-refractivity contribution >= 4 is 17.7 Å². The van der Waals surface area contributed by atoms with Crippen LogP contribution < -0.4 is 5.32 Å². The zero-order chi connectivity index (χ0) is 11.0. The molecule has 0 aliphatic carbocycles. The van der Waals surface area contributed by atoms with Crippen molar-refractivity contribution in [2.24, 2.45) is 0 Å². The minimum absolute atomic E-state index is 0.00877. The average molecular weight is 238 g/mol. The van der Waals surface area contributed by atoms with Crippen LogP contribution in [-0.4, -0.2) is 45.0 Å². The Labute approximate surface area is 98.0 Å². The Morgan fingerprint density at radius 1 is 1.62 bits per heavy atom. The van der Waals surface area contributed by atoms with Crippen molar-refractivity contribution in [1.82, 2.24) is 20.2 Å². The molecule has 1 saturated heterocycles. The first-order valence-corrected chi connectivity index (χ1v) is 6.61. The molecule has 2 aliphatic heterocycles. The highest BCUT2D eigenvalue weighted by Gasteiger charge is 2.29. The number of carbonyl (C=O) groups excluding carboxylic acids is 1. The van der Waals surface area contributed by atoms with Gasteiger partial charge in [-0.05, 0) is 0 Å². The monoisotopic (exact) mass is 238 g/mol. The Morgan fingerprint density at radius 3 is 3.38 bits per heavy atom. The maximum atomic E-state index is 12.1. The number of fused-ring (bicyclic) bond motifs is 1. The minimum Gasteiger partial charge on any atom is -0.347 e. The number of imidazole rings is 1. The van der Waals surface area contributed by atoms with Crippen molar-refractivity contribution in [3.8, 4) is 0 Å². The molecule has 1 amide bonds. The largest absolute Gasteiger partial charge is 0.347 e. The number of hydrogen-bond donors (Lipinski definition) is 2. The summed E-state index contributed by atoms with van der Waals surface area (Å²) in [5.41, 5.74) is 2.20. The fourth-order valence-corrected chi connectivity index (χ4v) is 3.11. The van der Waals surface area contributed by atoms with Crippen LogP contribution in [0.4, 0.5) is 0 Å². The van der Waals surface area contributed by atoms with E-state index < -0.39 is 0 Å². The van der Waals surface area contributed by atoms with Crippen molar-refractivity contribution in [3.05, 3.63) is 17.7 Å². The number of aromatic nitrogens is 2. The van der Waals surface area contributed by atoms with Gasteiger partial charge < -0.3 is 9.88 Å². The molecule has 2 aliphatic rings. The number of hydrogen-bond acceptors (Lipinski definition) is 4. The van der Waals surface area contributed by atoms with Crippen LogP contribution in [0.5, 0.6) is 0 Å². The molecule has 3 heterocycles. The van der Waals surface area contributed by atoms with Crippen LogP contribution in [0.15, 0.2) is 6.33 Å². The molecule has 86 valence electrons. The highest BCUT2D eigenvalue weighted by Crippen LogP contribution is 2.18. The molecule has 1 unspecified atom stereocenters. The molecule has 2 N–H and O–H groups in total. The van der Waals surface area contributed by atoms with E-state index in [1.807, 2.05) is 4.90 Å². The molecule has 0 aromatic carbocycles. The van der Waals surface area contributed by atoms with Crippen molar-refractivity contribution in [2.45, 2.75) is 19.0 Å². The van der Waals surface area contributed by atoms with Gasteiger partial charge in [0.1, 0.15) is 0 Å². The molecule has 1 aromatic rings. The van der Waals surface area contributed by atoms with Crippen LogP contribution in [0.1, 0.15) is 11.4 Å². The molecule has 16 heavy (non-hydrogen) atoms. The maximum absolute atomic E-state index is 12.1. The number of nitrogens with zero attached hydrogens (tertiary/aromatic N) is 2. The minimum atomic E-state index is 0.00877. The lowest BCUT2D eigenvalue weighted by molar-refractivity contribution is -0.133. The summed E-state index contributed by atoms with van der Waals surface area (Å²) < 4.78 is 0. The lowest BCUT2D eigenvalue weighted by Gasteiger charge is -2.28. The molecule has 5 nitrogen and oxygen atoms in total. The number of aromatic amines is 1. The van der Waals surface area contributed by atoms with E-state index in [1.165, 1.54) is 0 Å². The number of H-pyrrole nitrogens is 1. The summed E-state index contributed by atoms with van der Waals surface area (Å²) in [5, 5.41) is 3.22. The topological polar surface area (TPSA) is 61.0 Å². The van der Waals surface area contributed by atoms with Crippen molar-refractivity contribution in [1.29, 1.82) is 0 Å². The van der Waals surface area contributed by atoms with Gasteiger partial charge in [-0.3, -0.25) is 10.1 Å². The van der Waals surface area contributed by atoms with Crippen LogP contribution in [0.3, 0.4) is 0 Å². The number of nitrogens with one attached hydrogen (secondary N) is 2. The van der Waals surface area contributed by atoms with Gasteiger partial charge in [0.2, 0.25) is 5.91 Å². The first-order chi connectivity index (χ1) is 7.84. The molecule has 0 saturated carbocycles. The number of carbonyl (C=O) groups is 1. The number of amides is 1. The molecular formula is C10H14N4OS. The summed E-state index contributed by atoms with van der Waals surface area (Å²) in [6, 6.07) is 0.00877. The SMILES string of the molecule is O=C(C1CSCN1)N1CCc2nc[nH]c2C1. The van der Waals surface area contributed by atoms with Gasteiger partial charge in [0.15, 0.2) is 0 Å². The molecule has 0 spiro atoms. The van der Waals surface area contributed by atoms with Gasteiger partial charge in [-0.1, -0.05) is 0 Å². The predicted octanol–water partition coefficient (Wildman–Crippen LogP) is -0.0431. The van der Waals surface area contributed by atoms with Gasteiger partial charge in [-0.25, -0.2) is 4.98 Å². The first-order valence-electron chi connectivity index (χ1n) is 5.45. The van der Waals surface area contributed by atoms with Gasteiger partial charge in [0.05, 0.1) is 30.3 Å². The third kappa shape index (κ3) is 1.72. The molecular weight excluding hydrogens is 224 g/mol. The van der Waals surface area contributed by atoms with E-state index in [0.29, 0.717) is 6.54 Å². The van der Waals surface area contributed by atoms with Gasteiger partial charge in [0, 0.05) is 24.6 Å². The predicted molar refractivity (Wildman–Crippen MR) is 62.0 cm³/mol. The second kappa shape index (κ2) is 4.10. The fourth-order valence-electron chi connectivity index (χ4n) is 2.17. The average Bonchev–Trinajstić information content (AvgIpc) is 2.98. The summed E-state index contributed by atoms with van der Waals surface area (Å²) in [7, 11) is 0. The van der Waals surface area contributed by atoms with Crippen molar-refractivity contribution < 1.29 is 4.79 Å². The van der Waals surface area contributed by atoms with Gasteiger partial charge >= 0.3 is 0 Å². The summed E-state index contributed by atoms with van der Waals surface area (Å²) in [5.74, 6) is 2.01. The highest BCUT2D eigenvalue weighted by atomic mass is 32.2. The fraction of sp³-hybridized carbons (Fsp3) is 0.600. The molecule has 0 bridgehead atoms. The molecule has 1 aromatic heterocycles. The quantitative estimate of drug-likeness (QED) is 0.720. The standard InChI is InChI=1S/C10H14N4OS/c15-10(9-4-16-6-13-9)14-2-1-7-8(3-14)12-5-11-7/h5,9,13H,1-4,6H2,(H,11,12). The summed E-state index contributed by atoms with van der Waals surface area (Å²) in [6.45, 7) is 1.47. The number of thioether (sulfide) groups is 1. The van der Waals surface area contributed by atoms with E-state index in [1.54, 1.807) is 18.1 Å². The third-order valence-electron chi connectivity index (χ3n) is 3.10. The van der Waals surface area contributed by atoms with E-state index in [9.17, 15) is 4.79 Å². The summed E-state index contributed by atoms with van der Waals surface area (Å²) in [6.07, 6.45) is 2.58. The molecule has 1 fully saturated rings. The zero-order valence-electron chi connectivity index (χ0n) is 8.90. The van der Waals surface area contributed by atoms with E-state index >= 15 is 0 Å². The van der Waals surface area contributed by atoms with E-state index in [0.717, 1.165) is 36.0 Å². The number of rotatable bonds is 1. The lowest BCUT2D eigenvalue weighted by Crippen LogP contribution is -2.46. The summed E-state index contributed by atoms with van der Waals surface area (Å²) in [4.78, 5) is 21.4. The Bertz CT molecular complexity index is 399. The van der Waals surface area contributed by atoms with Crippen LogP contribution in [0.2, 0.25) is 0 Å². The Kier molecular flexibility index (Phi) is 2.61. The smallest absolute Gasteiger partial charge is 0.240 e. The lowest BCUT2D eigenvalue weighted by atomic mass is 10.1. The van der Waals surface area contributed by atoms with Crippen LogP contribution in [0.25, 0.3) is 0 Å². The highest BCUT2D eigenvalue weighted by molar-refractivity contribution is 7.99. The Morgan fingerprint density at radius 2 is 2.56 bits per heavy atom. The van der Waals surface area contributed by atoms with Crippen molar-refractivity contribution in [3.63, 3.8) is 0 Å². The van der Waals surface area contributed by atoms with Crippen LogP contribution in [-0.2, 0) is 17.8 Å². The van der Waals surface area contributed by atoms with Gasteiger partial charge in [-0.15, -0.1) is 11.8 Å². The Balaban J connectivity index is 1.71. The molecule has 6 heteroatoms. The molecule has 1 atom stereocenters. The first kappa shape index (κ1) is 10.2. The second-order valence-corrected chi connectivity index (χ2v) is 5.14. The van der Waals surface area contributed by atoms with Gasteiger partial charge in [-0.2, -0.15) is 0 Å². The second-order valence-electron chi connectivity index (χ2n) is 4.11. The maximum Gasteiger partial charge on any atom is 0.240 e. The normalized spacial score (nSPS) is 24.5. The van der Waals surface area contributed by atoms with E-state index in [2.05, 4.69) is 15.3 Å². The zero-order valence-corrected chi connectivity index (χ0v) is 9.72. The van der Waals surface area contributed by atoms with E-state index in [-0.39, 0.29) is 11.9 Å². The third-order valence-corrected chi connectivity index (χ3v) is 4.04. The molecule has 0 radical (unpaired) electrons. The Hall–Kier alpha value is -1.01. The van der Waals surface area contributed by atoms with E-state index in [4.69, 9.17) is 0 Å². The van der Waals surface area contributed by atoms with Crippen molar-refractivity contribution in [2.75, 3.05) is 18.2 Å².